The second kappa shape index (κ2) is 6.69. The molecule has 1 heterocycles. The molecule has 4 nitrogen and oxygen atoms in total. The van der Waals surface area contributed by atoms with Crippen molar-refractivity contribution < 1.29 is 9.18 Å². The molecule has 0 spiro atoms. The molecule has 1 aromatic heterocycles. The minimum Gasteiger partial charge on any atom is -0.363 e. The van der Waals surface area contributed by atoms with Gasteiger partial charge in [0.25, 0.3) is 5.91 Å². The number of nitrogens with zero attached hydrogens (tertiary/aromatic N) is 2. The van der Waals surface area contributed by atoms with Gasteiger partial charge in [-0.1, -0.05) is 33.6 Å². The van der Waals surface area contributed by atoms with Gasteiger partial charge >= 0.3 is 0 Å². The van der Waals surface area contributed by atoms with Gasteiger partial charge in [0.1, 0.15) is 5.82 Å². The Hall–Kier alpha value is -1.91. The smallest absolute Gasteiger partial charge is 0.284 e. The lowest BCUT2D eigenvalue weighted by atomic mass is 9.73. The summed E-state index contributed by atoms with van der Waals surface area (Å²) >= 11 is 0. The molecule has 1 aliphatic carbocycles. The Morgan fingerprint density at radius 2 is 2.13 bits per heavy atom. The van der Waals surface area contributed by atoms with Crippen LogP contribution in [-0.4, -0.2) is 15.5 Å². The second-order valence-corrected chi connectivity index (χ2v) is 7.36. The van der Waals surface area contributed by atoms with Gasteiger partial charge in [-0.05, 0) is 42.4 Å². The zero-order valence-electron chi connectivity index (χ0n) is 14.4. The number of aryl methyl sites for hydroxylation is 1. The van der Waals surface area contributed by atoms with E-state index >= 15 is 0 Å². The van der Waals surface area contributed by atoms with E-state index in [1.807, 2.05) is 0 Å². The topological polar surface area (TPSA) is 60.9 Å². The van der Waals surface area contributed by atoms with Crippen LogP contribution in [0, 0.1) is 17.2 Å². The second-order valence-electron chi connectivity index (χ2n) is 7.36. The van der Waals surface area contributed by atoms with Crippen molar-refractivity contribution in [3.63, 3.8) is 0 Å². The van der Waals surface area contributed by atoms with Crippen LogP contribution in [0.15, 0.2) is 18.2 Å². The highest BCUT2D eigenvalue weighted by Crippen LogP contribution is 2.37. The lowest BCUT2D eigenvalue weighted by molar-refractivity contribution is 0.0988. The summed E-state index contributed by atoms with van der Waals surface area (Å²) in [6.07, 6.45) is 5.79. The highest BCUT2D eigenvalue weighted by molar-refractivity contribution is 5.93. The first-order valence-corrected chi connectivity index (χ1v) is 8.11. The Morgan fingerprint density at radius 1 is 1.43 bits per heavy atom. The van der Waals surface area contributed by atoms with Gasteiger partial charge in [0.05, 0.1) is 11.0 Å². The molecule has 1 saturated carbocycles. The van der Waals surface area contributed by atoms with Crippen LogP contribution in [0.2, 0.25) is 0 Å². The molecule has 1 aliphatic rings. The fraction of sp³-hybridized carbons (Fsp3) is 0.556. The number of hydrogen-bond acceptors (Lipinski definition) is 2. The van der Waals surface area contributed by atoms with E-state index in [-0.39, 0.29) is 11.6 Å². The Labute approximate surface area is 136 Å². The van der Waals surface area contributed by atoms with Gasteiger partial charge in [-0.15, -0.1) is 0 Å². The summed E-state index contributed by atoms with van der Waals surface area (Å²) < 4.78 is 14.3. The number of fused-ring (bicyclic) bond motifs is 1. The van der Waals surface area contributed by atoms with Gasteiger partial charge in [0, 0.05) is 7.05 Å². The molecule has 23 heavy (non-hydrogen) atoms. The first-order chi connectivity index (χ1) is 10.7. The summed E-state index contributed by atoms with van der Waals surface area (Å²) in [5.41, 5.74) is 6.86. The summed E-state index contributed by atoms with van der Waals surface area (Å²) in [5, 5.41) is 0. The molecular weight excluding hydrogens is 293 g/mol. The van der Waals surface area contributed by atoms with Crippen molar-refractivity contribution in [3.8, 4) is 0 Å². The van der Waals surface area contributed by atoms with E-state index in [0.717, 1.165) is 5.92 Å². The van der Waals surface area contributed by atoms with Crippen molar-refractivity contribution in [1.82, 2.24) is 9.55 Å². The molecule has 0 aliphatic heterocycles. The van der Waals surface area contributed by atoms with Crippen LogP contribution in [0.5, 0.6) is 0 Å². The van der Waals surface area contributed by atoms with Crippen molar-refractivity contribution in [2.45, 2.75) is 46.5 Å². The molecule has 5 heteroatoms. The lowest BCUT2D eigenvalue weighted by Crippen LogP contribution is -2.20. The quantitative estimate of drug-likeness (QED) is 0.862. The first kappa shape index (κ1) is 17.4. The predicted molar refractivity (Wildman–Crippen MR) is 90.6 cm³/mol. The molecule has 1 fully saturated rings. The normalized spacial score (nSPS) is 20.0. The molecule has 2 N–H and O–H groups in total. The minimum absolute atomic E-state index is 0.130. The zero-order valence-corrected chi connectivity index (χ0v) is 14.4. The number of rotatable bonds is 1. The van der Waals surface area contributed by atoms with Gasteiger partial charge in [0.2, 0.25) is 0 Å². The molecule has 1 atom stereocenters. The number of benzene rings is 1. The van der Waals surface area contributed by atoms with Crippen LogP contribution < -0.4 is 5.73 Å². The molecule has 0 bridgehead atoms. The minimum atomic E-state index is -0.621. The SMILES string of the molecule is CC1CCCC(C)(C)C1.Cn1c(C(N)=O)nc2ccc(F)cc21. The Morgan fingerprint density at radius 3 is 2.65 bits per heavy atom. The van der Waals surface area contributed by atoms with Crippen molar-refractivity contribution in [2.24, 2.45) is 24.1 Å². The highest BCUT2D eigenvalue weighted by Gasteiger charge is 2.24. The van der Waals surface area contributed by atoms with E-state index in [1.54, 1.807) is 7.05 Å². The van der Waals surface area contributed by atoms with Gasteiger partial charge < -0.3 is 10.3 Å². The number of nitrogens with two attached hydrogens (primary N) is 1. The van der Waals surface area contributed by atoms with Gasteiger partial charge in [-0.3, -0.25) is 4.79 Å². The standard InChI is InChI=1S/C9H8FN3O.C9H18/c1-13-7-4-5(10)2-3-6(7)12-9(13)8(11)14;1-8-5-4-6-9(2,3)7-8/h2-4H,1H3,(H2,11,14);8H,4-7H2,1-3H3. The van der Waals surface area contributed by atoms with Crippen LogP contribution in [0.1, 0.15) is 57.1 Å². The third-order valence-corrected chi connectivity index (χ3v) is 4.51. The van der Waals surface area contributed by atoms with Crippen LogP contribution in [0.4, 0.5) is 4.39 Å². The zero-order chi connectivity index (χ0) is 17.2. The summed E-state index contributed by atoms with van der Waals surface area (Å²) in [5.74, 6) is 0.125. The lowest BCUT2D eigenvalue weighted by Gasteiger charge is -2.33. The Kier molecular flexibility index (Phi) is 5.07. The molecule has 1 aromatic carbocycles. The summed E-state index contributed by atoms with van der Waals surface area (Å²) in [6.45, 7) is 7.16. The third-order valence-electron chi connectivity index (χ3n) is 4.51. The average Bonchev–Trinajstić information content (AvgIpc) is 2.75. The van der Waals surface area contributed by atoms with Crippen molar-refractivity contribution in [1.29, 1.82) is 0 Å². The van der Waals surface area contributed by atoms with Crippen molar-refractivity contribution in [2.75, 3.05) is 0 Å². The van der Waals surface area contributed by atoms with Crippen LogP contribution in [0.25, 0.3) is 11.0 Å². The predicted octanol–water partition coefficient (Wildman–Crippen LogP) is 4.03. The van der Waals surface area contributed by atoms with Crippen LogP contribution in [-0.2, 0) is 7.05 Å². The fourth-order valence-electron chi connectivity index (χ4n) is 3.46. The molecule has 0 saturated heterocycles. The summed E-state index contributed by atoms with van der Waals surface area (Å²) in [7, 11) is 1.62. The largest absolute Gasteiger partial charge is 0.363 e. The summed E-state index contributed by atoms with van der Waals surface area (Å²) in [6, 6.07) is 4.12. The first-order valence-electron chi connectivity index (χ1n) is 8.11. The number of amides is 1. The maximum atomic E-state index is 12.9. The molecule has 2 aromatic rings. The molecule has 0 radical (unpaired) electrons. The molecular formula is C18H26FN3O. The van der Waals surface area contributed by atoms with Crippen molar-refractivity contribution >= 4 is 16.9 Å². The van der Waals surface area contributed by atoms with Crippen LogP contribution in [0.3, 0.4) is 0 Å². The number of hydrogen-bond donors (Lipinski definition) is 1. The number of imidazole rings is 1. The molecule has 1 amide bonds. The fourth-order valence-corrected chi connectivity index (χ4v) is 3.46. The highest BCUT2D eigenvalue weighted by atomic mass is 19.1. The van der Waals surface area contributed by atoms with E-state index in [1.165, 1.54) is 48.4 Å². The monoisotopic (exact) mass is 319 g/mol. The van der Waals surface area contributed by atoms with E-state index in [2.05, 4.69) is 25.8 Å². The van der Waals surface area contributed by atoms with Crippen molar-refractivity contribution in [3.05, 3.63) is 29.8 Å². The third kappa shape index (κ3) is 4.30. The van der Waals surface area contributed by atoms with E-state index < -0.39 is 5.91 Å². The van der Waals surface area contributed by atoms with Gasteiger partial charge in [-0.2, -0.15) is 0 Å². The number of primary amides is 1. The average molecular weight is 319 g/mol. The number of carbonyl (C=O) groups excluding carboxylic acids is 1. The number of carbonyl (C=O) groups is 1. The number of aromatic nitrogens is 2. The van der Waals surface area contributed by atoms with E-state index in [0.29, 0.717) is 16.4 Å². The Bertz CT molecular complexity index is 706. The number of halogens is 1. The van der Waals surface area contributed by atoms with Gasteiger partial charge in [-0.25, -0.2) is 9.37 Å². The maximum Gasteiger partial charge on any atom is 0.284 e. The Balaban J connectivity index is 0.000000185. The molecule has 3 rings (SSSR count). The molecule has 1 unspecified atom stereocenters. The summed E-state index contributed by atoms with van der Waals surface area (Å²) in [4.78, 5) is 14.9. The molecule has 126 valence electrons. The van der Waals surface area contributed by atoms with Gasteiger partial charge in [0.15, 0.2) is 5.82 Å². The van der Waals surface area contributed by atoms with E-state index in [9.17, 15) is 9.18 Å². The maximum absolute atomic E-state index is 12.9. The van der Waals surface area contributed by atoms with Crippen LogP contribution >= 0.6 is 0 Å². The van der Waals surface area contributed by atoms with E-state index in [4.69, 9.17) is 5.73 Å².